The van der Waals surface area contributed by atoms with Crippen LogP contribution in [0.5, 0.6) is 5.75 Å². The molecule has 2 fully saturated rings. The molecule has 15 nitrogen and oxygen atoms in total. The van der Waals surface area contributed by atoms with Gasteiger partial charge in [-0.05, 0) is 34.4 Å². The average Bonchev–Trinajstić information content (AvgIpc) is 3.29. The van der Waals surface area contributed by atoms with Gasteiger partial charge in [-0.25, -0.2) is 0 Å². The molecule has 0 radical (unpaired) electrons. The van der Waals surface area contributed by atoms with E-state index in [0.717, 1.165) is 22.3 Å². The number of rotatable bonds is 21. The Bertz CT molecular complexity index is 1980. The number of methoxy groups -OCH3 is 2. The quantitative estimate of drug-likeness (QED) is 0.0721. The fourth-order valence-corrected chi connectivity index (χ4v) is 7.40. The van der Waals surface area contributed by atoms with E-state index in [2.05, 4.69) is 0 Å². The minimum atomic E-state index is -1.40. The summed E-state index contributed by atoms with van der Waals surface area (Å²) in [4.78, 5) is 37.8. The first-order valence-electron chi connectivity index (χ1n) is 20.8. The van der Waals surface area contributed by atoms with Crippen molar-refractivity contribution >= 4 is 17.9 Å². The highest BCUT2D eigenvalue weighted by molar-refractivity contribution is 5.68. The lowest BCUT2D eigenvalue weighted by atomic mass is 9.97. The van der Waals surface area contributed by atoms with Crippen LogP contribution < -0.4 is 4.74 Å². The molecule has 338 valence electrons. The van der Waals surface area contributed by atoms with Crippen LogP contribution in [0.3, 0.4) is 0 Å². The summed E-state index contributed by atoms with van der Waals surface area (Å²) < 4.78 is 74.0. The van der Waals surface area contributed by atoms with Crippen LogP contribution in [0.4, 0.5) is 0 Å². The standard InChI is InChI=1S/C48H56O15/c1-31(49)59-42-39(29-54-25-37-21-23-38(52-4)24-22-37)63-48(46(61-33(3)51)44(42)60-32(2)50)58-30-40-41(55-26-34-15-9-6-10-16-34)43(56-27-35-17-11-7-12-18-35)45(47(53-5)62-40)57-28-36-19-13-8-14-20-36/h6-24,39-48H,25-30H2,1-5H3/t39-,40-,41-,42-,43+,44+,45-,46-,47+,48-/m1/s1. The molecule has 0 unspecified atom stereocenters. The third kappa shape index (κ3) is 13.9. The van der Waals surface area contributed by atoms with Gasteiger partial charge in [0.2, 0.25) is 0 Å². The van der Waals surface area contributed by atoms with E-state index in [0.29, 0.717) is 5.75 Å². The summed E-state index contributed by atoms with van der Waals surface area (Å²) >= 11 is 0. The Balaban J connectivity index is 1.30. The van der Waals surface area contributed by atoms with Crippen molar-refractivity contribution in [3.05, 3.63) is 138 Å². The molecule has 4 aromatic carbocycles. The Morgan fingerprint density at radius 1 is 0.444 bits per heavy atom. The molecule has 2 aliphatic rings. The van der Waals surface area contributed by atoms with Crippen molar-refractivity contribution in [3.8, 4) is 5.75 Å². The van der Waals surface area contributed by atoms with Crippen molar-refractivity contribution in [1.29, 1.82) is 0 Å². The zero-order valence-electron chi connectivity index (χ0n) is 36.1. The molecule has 0 saturated carbocycles. The van der Waals surface area contributed by atoms with Crippen LogP contribution in [0.2, 0.25) is 0 Å². The van der Waals surface area contributed by atoms with Crippen LogP contribution >= 0.6 is 0 Å². The number of esters is 3. The molecule has 0 bridgehead atoms. The van der Waals surface area contributed by atoms with Gasteiger partial charge < -0.3 is 56.8 Å². The van der Waals surface area contributed by atoms with Gasteiger partial charge in [-0.2, -0.15) is 0 Å². The molecule has 15 heteroatoms. The molecular weight excluding hydrogens is 817 g/mol. The number of carbonyl (C=O) groups is 3. The summed E-state index contributed by atoms with van der Waals surface area (Å²) in [6.07, 6.45) is -10.7. The lowest BCUT2D eigenvalue weighted by molar-refractivity contribution is -0.343. The lowest BCUT2D eigenvalue weighted by Gasteiger charge is -2.47. The Morgan fingerprint density at radius 3 is 1.40 bits per heavy atom. The Kier molecular flexibility index (Phi) is 18.0. The number of ether oxygens (including phenoxy) is 12. The van der Waals surface area contributed by atoms with Gasteiger partial charge in [0, 0.05) is 27.9 Å². The maximum absolute atomic E-state index is 12.7. The first kappa shape index (κ1) is 47.3. The third-order valence-electron chi connectivity index (χ3n) is 10.3. The lowest BCUT2D eigenvalue weighted by Crippen LogP contribution is -2.64. The highest BCUT2D eigenvalue weighted by Crippen LogP contribution is 2.34. The number of hydrogen-bond donors (Lipinski definition) is 0. The highest BCUT2D eigenvalue weighted by Gasteiger charge is 2.54. The predicted molar refractivity (Wildman–Crippen MR) is 225 cm³/mol. The second kappa shape index (κ2) is 24.0. The maximum Gasteiger partial charge on any atom is 0.303 e. The van der Waals surface area contributed by atoms with Crippen molar-refractivity contribution in [1.82, 2.24) is 0 Å². The Morgan fingerprint density at radius 2 is 0.889 bits per heavy atom. The minimum Gasteiger partial charge on any atom is -0.497 e. The topological polar surface area (TPSA) is 162 Å². The molecule has 2 heterocycles. The minimum absolute atomic E-state index is 0.140. The van der Waals surface area contributed by atoms with Crippen molar-refractivity contribution in [3.63, 3.8) is 0 Å². The average molecular weight is 873 g/mol. The molecular formula is C48H56O15. The zero-order chi connectivity index (χ0) is 44.6. The van der Waals surface area contributed by atoms with E-state index in [1.807, 2.05) is 103 Å². The summed E-state index contributed by atoms with van der Waals surface area (Å²) in [6, 6.07) is 36.4. The second-order valence-electron chi connectivity index (χ2n) is 15.0. The molecule has 0 aliphatic carbocycles. The molecule has 2 saturated heterocycles. The Labute approximate surface area is 367 Å². The normalized spacial score (nSPS) is 25.7. The monoisotopic (exact) mass is 872 g/mol. The van der Waals surface area contributed by atoms with Gasteiger partial charge in [0.15, 0.2) is 30.9 Å². The van der Waals surface area contributed by atoms with Crippen LogP contribution in [0.1, 0.15) is 43.0 Å². The summed E-state index contributed by atoms with van der Waals surface area (Å²) in [5.41, 5.74) is 3.59. The smallest absolute Gasteiger partial charge is 0.303 e. The first-order valence-corrected chi connectivity index (χ1v) is 20.8. The zero-order valence-corrected chi connectivity index (χ0v) is 36.1. The fraction of sp³-hybridized carbons (Fsp3) is 0.438. The predicted octanol–water partition coefficient (Wildman–Crippen LogP) is 5.88. The van der Waals surface area contributed by atoms with E-state index in [1.165, 1.54) is 27.9 Å². The highest BCUT2D eigenvalue weighted by atomic mass is 16.8. The van der Waals surface area contributed by atoms with Crippen molar-refractivity contribution in [2.24, 2.45) is 0 Å². The van der Waals surface area contributed by atoms with Crippen molar-refractivity contribution < 1.29 is 71.2 Å². The van der Waals surface area contributed by atoms with Crippen molar-refractivity contribution in [2.75, 3.05) is 27.4 Å². The van der Waals surface area contributed by atoms with Crippen molar-refractivity contribution in [2.45, 2.75) is 109 Å². The third-order valence-corrected chi connectivity index (χ3v) is 10.3. The van der Waals surface area contributed by atoms with E-state index in [1.54, 1.807) is 19.2 Å². The van der Waals surface area contributed by atoms with Crippen LogP contribution in [-0.2, 0) is 92.9 Å². The van der Waals surface area contributed by atoms with Gasteiger partial charge in [-0.15, -0.1) is 0 Å². The maximum atomic E-state index is 12.7. The molecule has 0 amide bonds. The number of hydrogen-bond acceptors (Lipinski definition) is 15. The van der Waals surface area contributed by atoms with Gasteiger partial charge in [0.25, 0.3) is 0 Å². The number of carbonyl (C=O) groups excluding carboxylic acids is 3. The molecule has 63 heavy (non-hydrogen) atoms. The second-order valence-corrected chi connectivity index (χ2v) is 15.0. The Hall–Kier alpha value is -5.23. The summed E-state index contributed by atoms with van der Waals surface area (Å²) in [5, 5.41) is 0. The largest absolute Gasteiger partial charge is 0.497 e. The van der Waals surface area contributed by atoms with Crippen LogP contribution in [0, 0.1) is 0 Å². The molecule has 10 atom stereocenters. The van der Waals surface area contributed by atoms with Gasteiger partial charge >= 0.3 is 17.9 Å². The van der Waals surface area contributed by atoms with E-state index in [9.17, 15) is 14.4 Å². The van der Waals surface area contributed by atoms with Gasteiger partial charge in [0.05, 0.1) is 46.8 Å². The fourth-order valence-electron chi connectivity index (χ4n) is 7.40. The molecule has 0 aromatic heterocycles. The van der Waals surface area contributed by atoms with Crippen LogP contribution in [0.25, 0.3) is 0 Å². The van der Waals surface area contributed by atoms with E-state index in [-0.39, 0.29) is 39.6 Å². The molecule has 0 N–H and O–H groups in total. The SMILES string of the molecule is COc1ccc(COC[C@H]2O[C@@H](OC[C@H]3O[C@H](OC)[C@H](OCc4ccccc4)[C@@H](OCc4ccccc4)[C@@H]3OCc3ccccc3)[C@H](OC(C)=O)[C@@H](OC(C)=O)[C@@H]2OC(C)=O)cc1. The van der Waals surface area contributed by atoms with Gasteiger partial charge in [-0.3, -0.25) is 14.4 Å². The molecule has 2 aliphatic heterocycles. The molecule has 6 rings (SSSR count). The summed E-state index contributed by atoms with van der Waals surface area (Å²) in [6.45, 7) is 4.00. The summed E-state index contributed by atoms with van der Waals surface area (Å²) in [5.74, 6) is -1.45. The van der Waals surface area contributed by atoms with E-state index >= 15 is 0 Å². The van der Waals surface area contributed by atoms with E-state index in [4.69, 9.17) is 56.8 Å². The van der Waals surface area contributed by atoms with Gasteiger partial charge in [0.1, 0.15) is 36.3 Å². The number of benzene rings is 4. The van der Waals surface area contributed by atoms with Crippen LogP contribution in [0.15, 0.2) is 115 Å². The van der Waals surface area contributed by atoms with E-state index < -0.39 is 79.3 Å². The van der Waals surface area contributed by atoms with Gasteiger partial charge in [-0.1, -0.05) is 103 Å². The molecule has 0 spiro atoms. The van der Waals surface area contributed by atoms with Crippen LogP contribution in [-0.4, -0.2) is 107 Å². The summed E-state index contributed by atoms with van der Waals surface area (Å²) in [7, 11) is 3.09. The molecule has 4 aromatic rings. The first-order chi connectivity index (χ1) is 30.6.